The maximum absolute atomic E-state index is 5.19. The summed E-state index contributed by atoms with van der Waals surface area (Å²) in [5.74, 6) is 0.753. The highest BCUT2D eigenvalue weighted by molar-refractivity contribution is 4.56. The second-order valence-electron chi connectivity index (χ2n) is 4.89. The van der Waals surface area contributed by atoms with Crippen LogP contribution in [0.4, 0.5) is 0 Å². The minimum absolute atomic E-state index is 0.398. The van der Waals surface area contributed by atoms with Crippen molar-refractivity contribution in [3.63, 3.8) is 0 Å². The van der Waals surface area contributed by atoms with Crippen LogP contribution in [0.1, 0.15) is 40.0 Å². The zero-order valence-corrected chi connectivity index (χ0v) is 11.5. The van der Waals surface area contributed by atoms with Crippen LogP contribution in [0.15, 0.2) is 0 Å². The number of nitrogens with one attached hydrogen (secondary N) is 2. The van der Waals surface area contributed by atoms with E-state index in [9.17, 15) is 0 Å². The monoisotopic (exact) mass is 230 g/mol. The Bertz CT molecular complexity index is 140. The van der Waals surface area contributed by atoms with Crippen molar-refractivity contribution in [1.29, 1.82) is 0 Å². The zero-order valence-electron chi connectivity index (χ0n) is 11.5. The normalized spacial score (nSPS) is 13.3. The number of ether oxygens (including phenoxy) is 1. The Kier molecular flexibility index (Phi) is 11.3. The van der Waals surface area contributed by atoms with Gasteiger partial charge in [0.1, 0.15) is 0 Å². The lowest BCUT2D eigenvalue weighted by Crippen LogP contribution is -2.25. The fourth-order valence-electron chi connectivity index (χ4n) is 1.49. The maximum Gasteiger partial charge on any atom is 0.0543 e. The van der Waals surface area contributed by atoms with E-state index in [0.717, 1.165) is 38.5 Å². The van der Waals surface area contributed by atoms with Crippen molar-refractivity contribution in [3.05, 3.63) is 0 Å². The van der Waals surface area contributed by atoms with Crippen LogP contribution < -0.4 is 10.6 Å². The summed E-state index contributed by atoms with van der Waals surface area (Å²) in [6, 6.07) is 0. The quantitative estimate of drug-likeness (QED) is 0.533. The molecule has 3 nitrogen and oxygen atoms in total. The van der Waals surface area contributed by atoms with E-state index in [1.807, 2.05) is 0 Å². The van der Waals surface area contributed by atoms with Gasteiger partial charge in [-0.15, -0.1) is 0 Å². The number of hydrogen-bond donors (Lipinski definition) is 2. The van der Waals surface area contributed by atoms with Crippen LogP contribution in [0.5, 0.6) is 0 Å². The van der Waals surface area contributed by atoms with Gasteiger partial charge in [-0.05, 0) is 58.3 Å². The molecule has 0 aliphatic heterocycles. The van der Waals surface area contributed by atoms with Gasteiger partial charge in [0.05, 0.1) is 6.10 Å². The minimum Gasteiger partial charge on any atom is -0.382 e. The van der Waals surface area contributed by atoms with Crippen LogP contribution in [-0.4, -0.2) is 39.4 Å². The summed E-state index contributed by atoms with van der Waals surface area (Å²) in [4.78, 5) is 0. The van der Waals surface area contributed by atoms with E-state index in [0.29, 0.717) is 6.10 Å². The van der Waals surface area contributed by atoms with Gasteiger partial charge in [0.25, 0.3) is 0 Å². The molecule has 2 N–H and O–H groups in total. The molecule has 3 heteroatoms. The predicted octanol–water partition coefficient (Wildman–Crippen LogP) is 2.03. The van der Waals surface area contributed by atoms with Crippen LogP contribution in [0.2, 0.25) is 0 Å². The molecule has 0 fully saturated rings. The smallest absolute Gasteiger partial charge is 0.0543 e. The first-order valence-corrected chi connectivity index (χ1v) is 6.61. The van der Waals surface area contributed by atoms with Gasteiger partial charge >= 0.3 is 0 Å². The molecule has 1 atom stereocenters. The number of rotatable bonds is 11. The van der Waals surface area contributed by atoms with Crippen LogP contribution in [-0.2, 0) is 4.74 Å². The largest absolute Gasteiger partial charge is 0.382 e. The van der Waals surface area contributed by atoms with Crippen molar-refractivity contribution >= 4 is 0 Å². The molecule has 0 aliphatic rings. The van der Waals surface area contributed by atoms with Gasteiger partial charge in [0.2, 0.25) is 0 Å². The third kappa shape index (κ3) is 12.0. The van der Waals surface area contributed by atoms with Crippen molar-refractivity contribution < 1.29 is 4.74 Å². The molecular formula is C13H30N2O. The van der Waals surface area contributed by atoms with Crippen LogP contribution in [0.3, 0.4) is 0 Å². The van der Waals surface area contributed by atoms with Gasteiger partial charge in [-0.1, -0.05) is 13.8 Å². The summed E-state index contributed by atoms with van der Waals surface area (Å²) in [5.41, 5.74) is 0. The zero-order chi connectivity index (χ0) is 12.2. The van der Waals surface area contributed by atoms with Gasteiger partial charge in [0, 0.05) is 7.11 Å². The molecule has 0 saturated carbocycles. The van der Waals surface area contributed by atoms with Gasteiger partial charge in [-0.2, -0.15) is 0 Å². The Morgan fingerprint density at radius 1 is 0.938 bits per heavy atom. The van der Waals surface area contributed by atoms with E-state index >= 15 is 0 Å². The van der Waals surface area contributed by atoms with Crippen molar-refractivity contribution in [2.75, 3.05) is 33.3 Å². The van der Waals surface area contributed by atoms with Crippen molar-refractivity contribution in [2.45, 2.75) is 46.1 Å². The molecule has 0 aromatic rings. The molecule has 0 bridgehead atoms. The van der Waals surface area contributed by atoms with Crippen LogP contribution in [0.25, 0.3) is 0 Å². The maximum atomic E-state index is 5.19. The van der Waals surface area contributed by atoms with E-state index in [1.165, 1.54) is 12.8 Å². The molecule has 98 valence electrons. The Morgan fingerprint density at radius 2 is 1.56 bits per heavy atom. The highest BCUT2D eigenvalue weighted by Gasteiger charge is 1.97. The van der Waals surface area contributed by atoms with Crippen molar-refractivity contribution in [3.8, 4) is 0 Å². The second-order valence-corrected chi connectivity index (χ2v) is 4.89. The number of methoxy groups -OCH3 is 1. The SMILES string of the molecule is COC(C)CCCNCCCNCC(C)C. The average molecular weight is 230 g/mol. The molecule has 0 amide bonds. The lowest BCUT2D eigenvalue weighted by molar-refractivity contribution is 0.109. The number of hydrogen-bond acceptors (Lipinski definition) is 3. The molecule has 16 heavy (non-hydrogen) atoms. The second kappa shape index (κ2) is 11.4. The lowest BCUT2D eigenvalue weighted by Gasteiger charge is -2.10. The molecular weight excluding hydrogens is 200 g/mol. The third-order valence-corrected chi connectivity index (χ3v) is 2.63. The first-order valence-electron chi connectivity index (χ1n) is 6.61. The van der Waals surface area contributed by atoms with Crippen molar-refractivity contribution in [2.24, 2.45) is 5.92 Å². The van der Waals surface area contributed by atoms with E-state index in [-0.39, 0.29) is 0 Å². The Balaban J connectivity index is 2.99. The Morgan fingerprint density at radius 3 is 2.19 bits per heavy atom. The molecule has 0 heterocycles. The third-order valence-electron chi connectivity index (χ3n) is 2.63. The summed E-state index contributed by atoms with van der Waals surface area (Å²) in [6.45, 7) is 11.1. The molecule has 0 saturated heterocycles. The van der Waals surface area contributed by atoms with Crippen LogP contribution in [0, 0.1) is 5.92 Å². The molecule has 0 aromatic heterocycles. The van der Waals surface area contributed by atoms with Crippen LogP contribution >= 0.6 is 0 Å². The summed E-state index contributed by atoms with van der Waals surface area (Å²) in [6.07, 6.45) is 3.96. The first kappa shape index (κ1) is 15.9. The highest BCUT2D eigenvalue weighted by atomic mass is 16.5. The van der Waals surface area contributed by atoms with Gasteiger partial charge in [-0.25, -0.2) is 0 Å². The molecule has 0 aromatic carbocycles. The Hall–Kier alpha value is -0.120. The highest BCUT2D eigenvalue weighted by Crippen LogP contribution is 1.98. The van der Waals surface area contributed by atoms with E-state index < -0.39 is 0 Å². The minimum atomic E-state index is 0.398. The summed E-state index contributed by atoms with van der Waals surface area (Å²) in [5, 5.41) is 6.90. The molecule has 0 rings (SSSR count). The molecule has 1 unspecified atom stereocenters. The van der Waals surface area contributed by atoms with E-state index in [4.69, 9.17) is 4.74 Å². The van der Waals surface area contributed by atoms with Gasteiger partial charge < -0.3 is 15.4 Å². The first-order chi connectivity index (χ1) is 7.66. The fourth-order valence-corrected chi connectivity index (χ4v) is 1.49. The summed E-state index contributed by atoms with van der Waals surface area (Å²) >= 11 is 0. The average Bonchev–Trinajstić information content (AvgIpc) is 2.26. The topological polar surface area (TPSA) is 33.3 Å². The molecule has 0 aliphatic carbocycles. The summed E-state index contributed by atoms with van der Waals surface area (Å²) < 4.78 is 5.19. The van der Waals surface area contributed by atoms with Crippen molar-refractivity contribution in [1.82, 2.24) is 10.6 Å². The molecule has 0 spiro atoms. The van der Waals surface area contributed by atoms with E-state index in [2.05, 4.69) is 31.4 Å². The predicted molar refractivity (Wildman–Crippen MR) is 70.9 cm³/mol. The standard InChI is InChI=1S/C13H30N2O/c1-12(2)11-15-10-6-9-14-8-5-7-13(3)16-4/h12-15H,5-11H2,1-4H3. The fraction of sp³-hybridized carbons (Fsp3) is 1.00. The summed E-state index contributed by atoms with van der Waals surface area (Å²) in [7, 11) is 1.78. The van der Waals surface area contributed by atoms with Gasteiger partial charge in [0.15, 0.2) is 0 Å². The van der Waals surface area contributed by atoms with Gasteiger partial charge in [-0.3, -0.25) is 0 Å². The molecule has 0 radical (unpaired) electrons. The lowest BCUT2D eigenvalue weighted by atomic mass is 10.2. The van der Waals surface area contributed by atoms with E-state index in [1.54, 1.807) is 7.11 Å². The Labute approximate surface area is 101 Å².